The topological polar surface area (TPSA) is 60.2 Å². The third kappa shape index (κ3) is 6.43. The number of nitrogens with zero attached hydrogens (tertiary/aromatic N) is 4. The Balaban J connectivity index is 1.31. The Kier molecular flexibility index (Phi) is 7.96. The van der Waals surface area contributed by atoms with Gasteiger partial charge in [-0.05, 0) is 50.0 Å². The first kappa shape index (κ1) is 22.6. The maximum absolute atomic E-state index is 13.3. The van der Waals surface area contributed by atoms with E-state index in [-0.39, 0.29) is 11.8 Å². The van der Waals surface area contributed by atoms with Crippen LogP contribution in [0.2, 0.25) is 0 Å². The second kappa shape index (κ2) is 11.3. The van der Waals surface area contributed by atoms with Crippen molar-refractivity contribution in [2.75, 3.05) is 52.4 Å². The van der Waals surface area contributed by atoms with Crippen molar-refractivity contribution < 1.29 is 14.0 Å². The molecule has 0 radical (unpaired) electrons. The fourth-order valence-electron chi connectivity index (χ4n) is 4.52. The van der Waals surface area contributed by atoms with E-state index in [0.29, 0.717) is 26.2 Å². The van der Waals surface area contributed by atoms with Gasteiger partial charge in [0.25, 0.3) is 0 Å². The van der Waals surface area contributed by atoms with Gasteiger partial charge in [-0.15, -0.1) is 0 Å². The van der Waals surface area contributed by atoms with Gasteiger partial charge in [0.2, 0.25) is 11.8 Å². The van der Waals surface area contributed by atoms with Gasteiger partial charge in [-0.2, -0.15) is 0 Å². The van der Waals surface area contributed by atoms with Crippen molar-refractivity contribution >= 4 is 11.8 Å². The zero-order valence-corrected chi connectivity index (χ0v) is 18.8. The molecule has 2 amide bonds. The number of hydrogen-bond donors (Lipinski definition) is 0. The summed E-state index contributed by atoms with van der Waals surface area (Å²) < 4.78 is 5.50. The van der Waals surface area contributed by atoms with Gasteiger partial charge >= 0.3 is 0 Å². The minimum atomic E-state index is 0.104. The summed E-state index contributed by atoms with van der Waals surface area (Å²) in [6, 6.07) is 13.8. The second-order valence-electron chi connectivity index (χ2n) is 8.81. The molecular formula is C25H34N4O3. The molecule has 1 aromatic heterocycles. The van der Waals surface area contributed by atoms with E-state index in [1.807, 2.05) is 52.3 Å². The van der Waals surface area contributed by atoms with E-state index in [4.69, 9.17) is 4.42 Å². The Morgan fingerprint density at radius 1 is 0.781 bits per heavy atom. The number of furan rings is 1. The van der Waals surface area contributed by atoms with Crippen molar-refractivity contribution in [2.24, 2.45) is 0 Å². The van der Waals surface area contributed by atoms with Crippen LogP contribution in [0.4, 0.5) is 0 Å². The maximum atomic E-state index is 13.3. The average molecular weight is 439 g/mol. The van der Waals surface area contributed by atoms with Crippen molar-refractivity contribution in [3.8, 4) is 0 Å². The van der Waals surface area contributed by atoms with Gasteiger partial charge in [-0.25, -0.2) is 0 Å². The molecule has 7 heteroatoms. The highest BCUT2D eigenvalue weighted by Crippen LogP contribution is 2.13. The molecule has 3 heterocycles. The lowest BCUT2D eigenvalue weighted by Gasteiger charge is -2.27. The normalized spacial score (nSPS) is 17.9. The quantitative estimate of drug-likeness (QED) is 0.634. The van der Waals surface area contributed by atoms with Crippen LogP contribution >= 0.6 is 0 Å². The van der Waals surface area contributed by atoms with Gasteiger partial charge in [0.1, 0.15) is 5.76 Å². The SMILES string of the molecule is O=C(CN1CCCN(CC(=O)N(Cc2ccccc2)Cc2ccco2)CC1)N1CCCC1. The van der Waals surface area contributed by atoms with E-state index in [0.717, 1.165) is 69.9 Å². The smallest absolute Gasteiger partial charge is 0.237 e. The highest BCUT2D eigenvalue weighted by Gasteiger charge is 2.24. The largest absolute Gasteiger partial charge is 0.467 e. The number of carbonyl (C=O) groups is 2. The van der Waals surface area contributed by atoms with E-state index >= 15 is 0 Å². The first-order chi connectivity index (χ1) is 15.7. The fourth-order valence-corrected chi connectivity index (χ4v) is 4.52. The number of carbonyl (C=O) groups excluding carboxylic acids is 2. The van der Waals surface area contributed by atoms with Crippen LogP contribution < -0.4 is 0 Å². The molecule has 0 aliphatic carbocycles. The van der Waals surface area contributed by atoms with Crippen LogP contribution in [0, 0.1) is 0 Å². The van der Waals surface area contributed by atoms with E-state index in [1.165, 1.54) is 0 Å². The van der Waals surface area contributed by atoms with E-state index in [9.17, 15) is 9.59 Å². The van der Waals surface area contributed by atoms with E-state index < -0.39 is 0 Å². The lowest BCUT2D eigenvalue weighted by Crippen LogP contribution is -2.42. The van der Waals surface area contributed by atoms with Crippen molar-refractivity contribution in [3.05, 3.63) is 60.1 Å². The predicted octanol–water partition coefficient (Wildman–Crippen LogP) is 2.44. The molecule has 2 fully saturated rings. The Morgan fingerprint density at radius 3 is 2.19 bits per heavy atom. The van der Waals surface area contributed by atoms with Crippen molar-refractivity contribution in [1.82, 2.24) is 19.6 Å². The Labute approximate surface area is 190 Å². The third-order valence-corrected chi connectivity index (χ3v) is 6.35. The summed E-state index contributed by atoms with van der Waals surface area (Å²) in [5.41, 5.74) is 1.11. The average Bonchev–Trinajstić information content (AvgIpc) is 3.48. The second-order valence-corrected chi connectivity index (χ2v) is 8.81. The lowest BCUT2D eigenvalue weighted by molar-refractivity contribution is -0.134. The van der Waals surface area contributed by atoms with Crippen LogP contribution in [0.15, 0.2) is 53.1 Å². The predicted molar refractivity (Wildman–Crippen MR) is 123 cm³/mol. The molecule has 2 saturated heterocycles. The first-order valence-corrected chi connectivity index (χ1v) is 11.7. The maximum Gasteiger partial charge on any atom is 0.237 e. The highest BCUT2D eigenvalue weighted by atomic mass is 16.3. The van der Waals surface area contributed by atoms with Gasteiger partial charge in [-0.1, -0.05) is 30.3 Å². The van der Waals surface area contributed by atoms with Gasteiger partial charge < -0.3 is 14.2 Å². The first-order valence-electron chi connectivity index (χ1n) is 11.7. The van der Waals surface area contributed by atoms with Crippen LogP contribution in [0.3, 0.4) is 0 Å². The molecule has 0 unspecified atom stereocenters. The lowest BCUT2D eigenvalue weighted by atomic mass is 10.2. The zero-order chi connectivity index (χ0) is 22.2. The van der Waals surface area contributed by atoms with Crippen LogP contribution in [-0.4, -0.2) is 83.8 Å². The highest BCUT2D eigenvalue weighted by molar-refractivity contribution is 5.79. The molecule has 2 aromatic rings. The van der Waals surface area contributed by atoms with Gasteiger partial charge in [-0.3, -0.25) is 19.4 Å². The monoisotopic (exact) mass is 438 g/mol. The summed E-state index contributed by atoms with van der Waals surface area (Å²) in [4.78, 5) is 34.1. The van der Waals surface area contributed by atoms with Crippen molar-refractivity contribution in [3.63, 3.8) is 0 Å². The van der Waals surface area contributed by atoms with Crippen molar-refractivity contribution in [2.45, 2.75) is 32.4 Å². The van der Waals surface area contributed by atoms with Crippen LogP contribution in [0.1, 0.15) is 30.6 Å². The van der Waals surface area contributed by atoms with Crippen LogP contribution in [-0.2, 0) is 22.7 Å². The third-order valence-electron chi connectivity index (χ3n) is 6.35. The molecule has 0 spiro atoms. The molecular weight excluding hydrogens is 404 g/mol. The Hall–Kier alpha value is -2.64. The summed E-state index contributed by atoms with van der Waals surface area (Å²) >= 11 is 0. The molecule has 0 atom stereocenters. The Morgan fingerprint density at radius 2 is 1.50 bits per heavy atom. The molecule has 4 rings (SSSR count). The van der Waals surface area contributed by atoms with Gasteiger partial charge in [0.15, 0.2) is 0 Å². The van der Waals surface area contributed by atoms with E-state index in [1.54, 1.807) is 6.26 Å². The van der Waals surface area contributed by atoms with Crippen LogP contribution in [0.25, 0.3) is 0 Å². The zero-order valence-electron chi connectivity index (χ0n) is 18.8. The molecule has 0 bridgehead atoms. The molecule has 0 saturated carbocycles. The molecule has 0 N–H and O–H groups in total. The van der Waals surface area contributed by atoms with E-state index in [2.05, 4.69) is 9.80 Å². The molecule has 32 heavy (non-hydrogen) atoms. The number of likely N-dealkylation sites (tertiary alicyclic amines) is 1. The van der Waals surface area contributed by atoms with Gasteiger partial charge in [0, 0.05) is 32.7 Å². The van der Waals surface area contributed by atoms with Crippen LogP contribution in [0.5, 0.6) is 0 Å². The molecule has 7 nitrogen and oxygen atoms in total. The minimum absolute atomic E-state index is 0.104. The minimum Gasteiger partial charge on any atom is -0.467 e. The summed E-state index contributed by atoms with van der Waals surface area (Å²) in [5.74, 6) is 1.14. The van der Waals surface area contributed by atoms with Gasteiger partial charge in [0.05, 0.1) is 25.9 Å². The Bertz CT molecular complexity index is 849. The summed E-state index contributed by atoms with van der Waals surface area (Å²) in [5, 5.41) is 0. The summed E-state index contributed by atoms with van der Waals surface area (Å²) in [6.07, 6.45) is 4.86. The number of hydrogen-bond acceptors (Lipinski definition) is 5. The number of benzene rings is 1. The molecule has 172 valence electrons. The number of amides is 2. The molecule has 1 aromatic carbocycles. The molecule has 2 aliphatic rings. The number of rotatable bonds is 8. The summed E-state index contributed by atoms with van der Waals surface area (Å²) in [6.45, 7) is 7.13. The van der Waals surface area contributed by atoms with Crippen molar-refractivity contribution in [1.29, 1.82) is 0 Å². The standard InChI is InChI=1S/C25H34N4O3/c30-24(28-13-4-5-14-28)20-26-11-7-12-27(16-15-26)21-25(31)29(19-23-10-6-17-32-23)18-22-8-2-1-3-9-22/h1-3,6,8-10,17H,4-5,7,11-16,18-21H2. The summed E-state index contributed by atoms with van der Waals surface area (Å²) in [7, 11) is 0. The molecule has 2 aliphatic heterocycles. The fraction of sp³-hybridized carbons (Fsp3) is 0.520.